The minimum Gasteiger partial charge on any atom is -0.508 e. The number of rotatable bonds is 4. The van der Waals surface area contributed by atoms with Crippen LogP contribution < -0.4 is 5.32 Å². The van der Waals surface area contributed by atoms with Crippen molar-refractivity contribution in [2.45, 2.75) is 37.2 Å². The lowest BCUT2D eigenvalue weighted by Crippen LogP contribution is -2.63. The molecule has 1 aliphatic heterocycles. The van der Waals surface area contributed by atoms with Crippen molar-refractivity contribution in [3.8, 4) is 5.75 Å². The summed E-state index contributed by atoms with van der Waals surface area (Å²) in [6.07, 6.45) is -4.98. The smallest absolute Gasteiger partial charge is 0.173 e. The Hall–Kier alpha value is -1.22. The second-order valence-corrected chi connectivity index (χ2v) is 4.76. The van der Waals surface area contributed by atoms with Crippen molar-refractivity contribution in [3.05, 3.63) is 29.8 Å². The molecule has 20 heavy (non-hydrogen) atoms. The van der Waals surface area contributed by atoms with Gasteiger partial charge in [-0.25, -0.2) is 0 Å². The number of ether oxygens (including phenoxy) is 1. The van der Waals surface area contributed by atoms with Crippen LogP contribution in [0.4, 0.5) is 0 Å². The van der Waals surface area contributed by atoms with E-state index in [4.69, 9.17) is 9.84 Å². The molecule has 1 fully saturated rings. The third-order valence-corrected chi connectivity index (χ3v) is 3.42. The summed E-state index contributed by atoms with van der Waals surface area (Å²) in [5, 5.41) is 50.9. The standard InChI is InChI=1S/C13H19NO6/c15-6-9-11(17)12(18)10(13(19)20-9)14-5-7-3-1-2-4-8(7)16/h1-4,9-19H,5-6H2/t9-,10-,11-,12-,13?/m1/s1. The zero-order valence-electron chi connectivity index (χ0n) is 10.8. The van der Waals surface area contributed by atoms with Gasteiger partial charge in [0.25, 0.3) is 0 Å². The second kappa shape index (κ2) is 6.49. The van der Waals surface area contributed by atoms with Gasteiger partial charge in [0, 0.05) is 12.1 Å². The molecule has 1 heterocycles. The van der Waals surface area contributed by atoms with E-state index in [0.717, 1.165) is 0 Å². The quantitative estimate of drug-likeness (QED) is 0.389. The Morgan fingerprint density at radius 2 is 1.80 bits per heavy atom. The van der Waals surface area contributed by atoms with Crippen molar-refractivity contribution in [3.63, 3.8) is 0 Å². The number of nitrogens with one attached hydrogen (secondary N) is 1. The lowest BCUT2D eigenvalue weighted by atomic mass is 9.97. The van der Waals surface area contributed by atoms with Gasteiger partial charge < -0.3 is 35.6 Å². The van der Waals surface area contributed by atoms with E-state index in [1.807, 2.05) is 0 Å². The van der Waals surface area contributed by atoms with E-state index in [9.17, 15) is 20.4 Å². The highest BCUT2D eigenvalue weighted by Gasteiger charge is 2.43. The molecule has 2 rings (SSSR count). The molecule has 0 aliphatic carbocycles. The average Bonchev–Trinajstić information content (AvgIpc) is 2.44. The SMILES string of the molecule is OC[C@H]1OC(O)[C@H](NCc2ccccc2O)[C@@H](O)[C@@H]1O. The van der Waals surface area contributed by atoms with Crippen LogP contribution in [0.3, 0.4) is 0 Å². The molecule has 0 aromatic heterocycles. The molecule has 0 radical (unpaired) electrons. The Labute approximate surface area is 116 Å². The molecule has 6 N–H and O–H groups in total. The largest absolute Gasteiger partial charge is 0.508 e. The molecule has 1 unspecified atom stereocenters. The average molecular weight is 285 g/mol. The van der Waals surface area contributed by atoms with Crippen LogP contribution in [-0.2, 0) is 11.3 Å². The fraction of sp³-hybridized carbons (Fsp3) is 0.538. The topological polar surface area (TPSA) is 122 Å². The Morgan fingerprint density at radius 1 is 1.10 bits per heavy atom. The molecular weight excluding hydrogens is 266 g/mol. The molecule has 0 saturated carbocycles. The summed E-state index contributed by atoms with van der Waals surface area (Å²) in [4.78, 5) is 0. The maximum atomic E-state index is 9.93. The van der Waals surface area contributed by atoms with Crippen LogP contribution in [0.5, 0.6) is 5.75 Å². The zero-order valence-corrected chi connectivity index (χ0v) is 10.8. The Balaban J connectivity index is 2.00. The molecule has 1 aliphatic rings. The van der Waals surface area contributed by atoms with Gasteiger partial charge in [0.1, 0.15) is 24.1 Å². The molecule has 112 valence electrons. The predicted octanol–water partition coefficient (Wildman–Crippen LogP) is -1.72. The van der Waals surface area contributed by atoms with E-state index in [1.165, 1.54) is 6.07 Å². The first kappa shape index (κ1) is 15.2. The highest BCUT2D eigenvalue weighted by atomic mass is 16.6. The third kappa shape index (κ3) is 3.09. The molecule has 5 atom stereocenters. The lowest BCUT2D eigenvalue weighted by Gasteiger charge is -2.40. The van der Waals surface area contributed by atoms with Crippen LogP contribution in [0.15, 0.2) is 24.3 Å². The monoisotopic (exact) mass is 285 g/mol. The van der Waals surface area contributed by atoms with Gasteiger partial charge in [0.15, 0.2) is 6.29 Å². The number of phenolic OH excluding ortho intramolecular Hbond substituents is 1. The molecular formula is C13H19NO6. The fourth-order valence-corrected chi connectivity index (χ4v) is 2.21. The summed E-state index contributed by atoms with van der Waals surface area (Å²) < 4.78 is 5.02. The minimum absolute atomic E-state index is 0.0921. The van der Waals surface area contributed by atoms with Crippen molar-refractivity contribution >= 4 is 0 Å². The number of aliphatic hydroxyl groups is 4. The highest BCUT2D eigenvalue weighted by Crippen LogP contribution is 2.21. The van der Waals surface area contributed by atoms with Crippen molar-refractivity contribution in [2.24, 2.45) is 0 Å². The van der Waals surface area contributed by atoms with E-state index < -0.39 is 37.3 Å². The van der Waals surface area contributed by atoms with Crippen LogP contribution >= 0.6 is 0 Å². The van der Waals surface area contributed by atoms with Gasteiger partial charge in [0.2, 0.25) is 0 Å². The number of aliphatic hydroxyl groups excluding tert-OH is 4. The minimum atomic E-state index is -1.36. The van der Waals surface area contributed by atoms with Gasteiger partial charge in [-0.1, -0.05) is 18.2 Å². The number of hydrogen-bond donors (Lipinski definition) is 6. The summed E-state index contributed by atoms with van der Waals surface area (Å²) in [7, 11) is 0. The molecule has 1 aromatic carbocycles. The van der Waals surface area contributed by atoms with Crippen molar-refractivity contribution in [2.75, 3.05) is 6.61 Å². The van der Waals surface area contributed by atoms with Gasteiger partial charge in [-0.05, 0) is 6.07 Å². The number of hydrogen-bond acceptors (Lipinski definition) is 7. The van der Waals surface area contributed by atoms with Crippen LogP contribution in [0.2, 0.25) is 0 Å². The summed E-state index contributed by atoms with van der Waals surface area (Å²) in [6.45, 7) is -0.313. The van der Waals surface area contributed by atoms with Crippen molar-refractivity contribution in [1.82, 2.24) is 5.32 Å². The number of benzene rings is 1. The predicted molar refractivity (Wildman–Crippen MR) is 68.7 cm³/mol. The second-order valence-electron chi connectivity index (χ2n) is 4.76. The molecule has 0 amide bonds. The van der Waals surface area contributed by atoms with Gasteiger partial charge in [-0.3, -0.25) is 0 Å². The molecule has 1 saturated heterocycles. The third-order valence-electron chi connectivity index (χ3n) is 3.42. The molecule has 0 spiro atoms. The van der Waals surface area contributed by atoms with Gasteiger partial charge in [-0.15, -0.1) is 0 Å². The molecule has 7 nitrogen and oxygen atoms in total. The Kier molecular flexibility index (Phi) is 4.92. The molecule has 7 heteroatoms. The van der Waals surface area contributed by atoms with Crippen LogP contribution in [0.25, 0.3) is 0 Å². The summed E-state index contributed by atoms with van der Waals surface area (Å²) in [5.74, 6) is 0.0921. The first-order valence-corrected chi connectivity index (χ1v) is 6.35. The van der Waals surface area contributed by atoms with Crippen LogP contribution in [-0.4, -0.2) is 62.8 Å². The molecule has 1 aromatic rings. The number of phenols is 1. The summed E-state index contributed by atoms with van der Waals surface area (Å²) in [5.41, 5.74) is 0.589. The van der Waals surface area contributed by atoms with Crippen LogP contribution in [0.1, 0.15) is 5.56 Å². The van der Waals surface area contributed by atoms with E-state index in [2.05, 4.69) is 5.32 Å². The van der Waals surface area contributed by atoms with Gasteiger partial charge in [0.05, 0.1) is 12.6 Å². The Bertz CT molecular complexity index is 443. The van der Waals surface area contributed by atoms with E-state index in [1.54, 1.807) is 18.2 Å². The maximum Gasteiger partial charge on any atom is 0.173 e. The lowest BCUT2D eigenvalue weighted by molar-refractivity contribution is -0.254. The zero-order chi connectivity index (χ0) is 14.7. The maximum absolute atomic E-state index is 9.93. The Morgan fingerprint density at radius 3 is 2.45 bits per heavy atom. The summed E-state index contributed by atoms with van der Waals surface area (Å²) >= 11 is 0. The fourth-order valence-electron chi connectivity index (χ4n) is 2.21. The first-order valence-electron chi connectivity index (χ1n) is 6.35. The normalized spacial score (nSPS) is 34.1. The van der Waals surface area contributed by atoms with E-state index in [0.29, 0.717) is 5.56 Å². The van der Waals surface area contributed by atoms with Crippen molar-refractivity contribution < 1.29 is 30.3 Å². The highest BCUT2D eigenvalue weighted by molar-refractivity contribution is 5.31. The van der Waals surface area contributed by atoms with E-state index in [-0.39, 0.29) is 12.3 Å². The van der Waals surface area contributed by atoms with Gasteiger partial charge in [-0.2, -0.15) is 0 Å². The van der Waals surface area contributed by atoms with E-state index >= 15 is 0 Å². The van der Waals surface area contributed by atoms with Gasteiger partial charge >= 0.3 is 0 Å². The molecule has 0 bridgehead atoms. The van der Waals surface area contributed by atoms with Crippen LogP contribution in [0, 0.1) is 0 Å². The first-order chi connectivity index (χ1) is 9.54. The number of para-hydroxylation sites is 1. The summed E-state index contributed by atoms with van der Waals surface area (Å²) in [6, 6.07) is 5.72. The van der Waals surface area contributed by atoms with Crippen molar-refractivity contribution in [1.29, 1.82) is 0 Å². The number of aromatic hydroxyl groups is 1.